The molecule has 110 valence electrons. The first-order chi connectivity index (χ1) is 10.2. The molecule has 0 unspecified atom stereocenters. The predicted octanol–water partition coefficient (Wildman–Crippen LogP) is 3.84. The molecule has 0 aliphatic heterocycles. The Hall–Kier alpha value is -2.23. The fraction of sp³-hybridized carbons (Fsp3) is 0.353. The van der Waals surface area contributed by atoms with E-state index in [4.69, 9.17) is 5.11 Å². The summed E-state index contributed by atoms with van der Waals surface area (Å²) >= 11 is 0. The van der Waals surface area contributed by atoms with Gasteiger partial charge in [-0.3, -0.25) is 9.59 Å². The summed E-state index contributed by atoms with van der Waals surface area (Å²) < 4.78 is 0. The molecule has 4 heteroatoms. The number of carboxylic acid groups (broad SMARTS) is 1. The Balaban J connectivity index is 1.80. The lowest BCUT2D eigenvalue weighted by Crippen LogP contribution is -2.02. The van der Waals surface area contributed by atoms with E-state index in [2.05, 4.69) is 4.98 Å². The smallest absolute Gasteiger partial charge is 0.303 e. The van der Waals surface area contributed by atoms with Crippen LogP contribution in [0.15, 0.2) is 36.4 Å². The molecule has 2 aromatic rings. The number of benzene rings is 1. The molecule has 0 aliphatic rings. The van der Waals surface area contributed by atoms with Crippen LogP contribution >= 0.6 is 0 Å². The van der Waals surface area contributed by atoms with Crippen LogP contribution in [0.2, 0.25) is 0 Å². The molecule has 1 aromatic carbocycles. The number of aliphatic carboxylic acids is 1. The van der Waals surface area contributed by atoms with Crippen molar-refractivity contribution in [2.75, 3.05) is 0 Å². The van der Waals surface area contributed by atoms with Crippen molar-refractivity contribution in [1.29, 1.82) is 0 Å². The number of fused-ring (bicyclic) bond motifs is 1. The lowest BCUT2D eigenvalue weighted by Gasteiger charge is -2.03. The summed E-state index contributed by atoms with van der Waals surface area (Å²) in [5, 5.41) is 9.56. The van der Waals surface area contributed by atoms with Crippen LogP contribution in [0.4, 0.5) is 0 Å². The number of carboxylic acids is 1. The Morgan fingerprint density at radius 1 is 0.905 bits per heavy atom. The van der Waals surface area contributed by atoms with Crippen LogP contribution < -0.4 is 0 Å². The van der Waals surface area contributed by atoms with E-state index in [1.54, 1.807) is 6.07 Å². The first-order valence-corrected chi connectivity index (χ1v) is 7.27. The van der Waals surface area contributed by atoms with Gasteiger partial charge < -0.3 is 5.11 Å². The Bertz CT molecular complexity index is 637. The molecule has 1 N–H and O–H groups in total. The Morgan fingerprint density at radius 3 is 2.38 bits per heavy atom. The highest BCUT2D eigenvalue weighted by Gasteiger charge is 2.08. The highest BCUT2D eigenvalue weighted by atomic mass is 16.4. The van der Waals surface area contributed by atoms with Gasteiger partial charge in [-0.1, -0.05) is 37.1 Å². The molecule has 4 nitrogen and oxygen atoms in total. The van der Waals surface area contributed by atoms with Crippen LogP contribution in [0.25, 0.3) is 10.9 Å². The van der Waals surface area contributed by atoms with Gasteiger partial charge in [-0.05, 0) is 25.0 Å². The summed E-state index contributed by atoms with van der Waals surface area (Å²) in [4.78, 5) is 26.8. The number of aromatic nitrogens is 1. The van der Waals surface area contributed by atoms with Crippen molar-refractivity contribution in [1.82, 2.24) is 4.98 Å². The molecule has 21 heavy (non-hydrogen) atoms. The van der Waals surface area contributed by atoms with Crippen molar-refractivity contribution in [3.05, 3.63) is 42.1 Å². The second-order valence-corrected chi connectivity index (χ2v) is 5.12. The molecular weight excluding hydrogens is 266 g/mol. The SMILES string of the molecule is O=C(O)CCCCCCC(=O)c1ccc2ccccc2n1. The second-order valence-electron chi connectivity index (χ2n) is 5.12. The topological polar surface area (TPSA) is 67.3 Å². The minimum atomic E-state index is -0.758. The van der Waals surface area contributed by atoms with Crippen molar-refractivity contribution < 1.29 is 14.7 Å². The molecule has 0 bridgehead atoms. The van der Waals surface area contributed by atoms with Crippen molar-refractivity contribution >= 4 is 22.7 Å². The Morgan fingerprint density at radius 2 is 1.62 bits per heavy atom. The molecule has 0 spiro atoms. The number of unbranched alkanes of at least 4 members (excludes halogenated alkanes) is 3. The van der Waals surface area contributed by atoms with Gasteiger partial charge in [0.15, 0.2) is 5.78 Å². The number of pyridine rings is 1. The van der Waals surface area contributed by atoms with Gasteiger partial charge >= 0.3 is 5.97 Å². The summed E-state index contributed by atoms with van der Waals surface area (Å²) in [7, 11) is 0. The molecule has 2 rings (SSSR count). The van der Waals surface area contributed by atoms with Crippen LogP contribution in [0.5, 0.6) is 0 Å². The highest BCUT2D eigenvalue weighted by Crippen LogP contribution is 2.14. The minimum Gasteiger partial charge on any atom is -0.481 e. The molecule has 0 aliphatic carbocycles. The molecule has 0 amide bonds. The highest BCUT2D eigenvalue weighted by molar-refractivity contribution is 5.96. The van der Waals surface area contributed by atoms with E-state index in [-0.39, 0.29) is 12.2 Å². The first-order valence-electron chi connectivity index (χ1n) is 7.27. The van der Waals surface area contributed by atoms with Crippen LogP contribution in [-0.4, -0.2) is 21.8 Å². The van der Waals surface area contributed by atoms with Gasteiger partial charge in [0.2, 0.25) is 0 Å². The van der Waals surface area contributed by atoms with E-state index in [1.807, 2.05) is 30.3 Å². The second kappa shape index (κ2) is 7.53. The molecule has 0 saturated heterocycles. The fourth-order valence-electron chi connectivity index (χ4n) is 2.26. The maximum absolute atomic E-state index is 12.1. The van der Waals surface area contributed by atoms with Crippen LogP contribution in [0, 0.1) is 0 Å². The predicted molar refractivity (Wildman–Crippen MR) is 81.4 cm³/mol. The summed E-state index contributed by atoms with van der Waals surface area (Å²) in [6, 6.07) is 11.4. The third-order valence-corrected chi connectivity index (χ3v) is 3.43. The molecular formula is C17H19NO3. The van der Waals surface area contributed by atoms with E-state index in [0.717, 1.165) is 30.2 Å². The summed E-state index contributed by atoms with van der Waals surface area (Å²) in [5.41, 5.74) is 1.35. The zero-order valence-electron chi connectivity index (χ0n) is 11.9. The number of ketones is 1. The number of rotatable bonds is 8. The fourth-order valence-corrected chi connectivity index (χ4v) is 2.26. The van der Waals surface area contributed by atoms with Gasteiger partial charge in [-0.2, -0.15) is 0 Å². The van der Waals surface area contributed by atoms with Gasteiger partial charge in [-0.15, -0.1) is 0 Å². The van der Waals surface area contributed by atoms with Gasteiger partial charge in [0.1, 0.15) is 5.69 Å². The molecule has 0 saturated carbocycles. The first kappa shape index (κ1) is 15.2. The monoisotopic (exact) mass is 285 g/mol. The lowest BCUT2D eigenvalue weighted by atomic mass is 10.1. The third kappa shape index (κ3) is 4.67. The van der Waals surface area contributed by atoms with Gasteiger partial charge in [0.25, 0.3) is 0 Å². The molecule has 0 radical (unpaired) electrons. The standard InChI is InChI=1S/C17H19NO3/c19-16(9-3-1-2-4-10-17(20)21)15-12-11-13-7-5-6-8-14(13)18-15/h5-8,11-12H,1-4,9-10H2,(H,20,21). The number of para-hydroxylation sites is 1. The van der Waals surface area contributed by atoms with E-state index in [0.29, 0.717) is 18.5 Å². The van der Waals surface area contributed by atoms with E-state index in [1.165, 1.54) is 0 Å². The Kier molecular flexibility index (Phi) is 5.43. The van der Waals surface area contributed by atoms with Gasteiger partial charge in [0, 0.05) is 18.2 Å². The summed E-state index contributed by atoms with van der Waals surface area (Å²) in [6.07, 6.45) is 3.88. The van der Waals surface area contributed by atoms with Gasteiger partial charge in [0.05, 0.1) is 5.52 Å². The zero-order chi connectivity index (χ0) is 15.1. The zero-order valence-corrected chi connectivity index (χ0v) is 11.9. The molecule has 0 fully saturated rings. The van der Waals surface area contributed by atoms with Gasteiger partial charge in [-0.25, -0.2) is 4.98 Å². The van der Waals surface area contributed by atoms with Crippen LogP contribution in [0.3, 0.4) is 0 Å². The van der Waals surface area contributed by atoms with Crippen molar-refractivity contribution in [2.45, 2.75) is 38.5 Å². The van der Waals surface area contributed by atoms with Crippen molar-refractivity contribution in [3.8, 4) is 0 Å². The number of nitrogens with zero attached hydrogens (tertiary/aromatic N) is 1. The average Bonchev–Trinajstić information content (AvgIpc) is 2.49. The number of carbonyl (C=O) groups is 2. The molecule has 1 heterocycles. The van der Waals surface area contributed by atoms with E-state index < -0.39 is 5.97 Å². The third-order valence-electron chi connectivity index (χ3n) is 3.43. The largest absolute Gasteiger partial charge is 0.481 e. The summed E-state index contributed by atoms with van der Waals surface area (Å²) in [6.45, 7) is 0. The van der Waals surface area contributed by atoms with E-state index >= 15 is 0 Å². The average molecular weight is 285 g/mol. The quantitative estimate of drug-likeness (QED) is 0.591. The number of carbonyl (C=O) groups excluding carboxylic acids is 1. The molecule has 0 atom stereocenters. The Labute approximate surface area is 123 Å². The number of Topliss-reactive ketones (excluding diaryl/α,β-unsaturated/α-hetero) is 1. The lowest BCUT2D eigenvalue weighted by molar-refractivity contribution is -0.137. The van der Waals surface area contributed by atoms with Crippen molar-refractivity contribution in [3.63, 3.8) is 0 Å². The molecule has 1 aromatic heterocycles. The van der Waals surface area contributed by atoms with E-state index in [9.17, 15) is 9.59 Å². The minimum absolute atomic E-state index is 0.0546. The maximum atomic E-state index is 12.1. The number of hydrogen-bond acceptors (Lipinski definition) is 3. The number of hydrogen-bond donors (Lipinski definition) is 1. The maximum Gasteiger partial charge on any atom is 0.303 e. The van der Waals surface area contributed by atoms with Crippen molar-refractivity contribution in [2.24, 2.45) is 0 Å². The summed E-state index contributed by atoms with van der Waals surface area (Å²) in [5.74, 6) is -0.703. The van der Waals surface area contributed by atoms with Crippen LogP contribution in [-0.2, 0) is 4.79 Å². The van der Waals surface area contributed by atoms with Crippen LogP contribution in [0.1, 0.15) is 49.0 Å². The normalized spacial score (nSPS) is 10.7.